The third kappa shape index (κ3) is 2.75. The molecule has 1 saturated heterocycles. The minimum absolute atomic E-state index is 0.0822. The Labute approximate surface area is 118 Å². The molecule has 1 aliphatic heterocycles. The van der Waals surface area contributed by atoms with Crippen molar-refractivity contribution in [2.24, 2.45) is 11.8 Å². The van der Waals surface area contributed by atoms with Crippen LogP contribution in [0.4, 0.5) is 5.00 Å². The highest BCUT2D eigenvalue weighted by atomic mass is 32.1. The first-order valence-electron chi connectivity index (χ1n) is 7.23. The van der Waals surface area contributed by atoms with E-state index in [1.807, 2.05) is 0 Å². The number of hydrogen-bond donors (Lipinski definition) is 2. The van der Waals surface area contributed by atoms with Gasteiger partial charge in [-0.3, -0.25) is 4.90 Å². The number of hydrogen-bond acceptors (Lipinski definition) is 6. The minimum Gasteiger partial charge on any atom is -0.393 e. The molecule has 0 aromatic carbocycles. The summed E-state index contributed by atoms with van der Waals surface area (Å²) in [6.07, 6.45) is 3.20. The first kappa shape index (κ1) is 13.3. The largest absolute Gasteiger partial charge is 0.393 e. The zero-order valence-electron chi connectivity index (χ0n) is 11.4. The first-order chi connectivity index (χ1) is 9.28. The molecule has 0 amide bonds. The molecule has 3 atom stereocenters. The van der Waals surface area contributed by atoms with Crippen molar-refractivity contribution in [2.45, 2.75) is 38.8 Å². The number of fused-ring (bicyclic) bond motifs is 1. The van der Waals surface area contributed by atoms with Crippen LogP contribution in [0.25, 0.3) is 0 Å². The molecule has 19 heavy (non-hydrogen) atoms. The Hall–Kier alpha value is -0.720. The van der Waals surface area contributed by atoms with E-state index in [1.165, 1.54) is 18.0 Å². The van der Waals surface area contributed by atoms with E-state index in [0.717, 1.165) is 49.7 Å². The molecule has 106 valence electrons. The maximum atomic E-state index is 9.95. The monoisotopic (exact) mass is 282 g/mol. The van der Waals surface area contributed by atoms with E-state index in [0.29, 0.717) is 11.8 Å². The van der Waals surface area contributed by atoms with Crippen molar-refractivity contribution >= 4 is 16.5 Å². The van der Waals surface area contributed by atoms with Crippen LogP contribution in [-0.2, 0) is 6.54 Å². The van der Waals surface area contributed by atoms with Crippen LogP contribution in [-0.4, -0.2) is 45.3 Å². The van der Waals surface area contributed by atoms with Crippen molar-refractivity contribution in [1.29, 1.82) is 0 Å². The number of rotatable bonds is 5. The Morgan fingerprint density at radius 2 is 2.32 bits per heavy atom. The molecule has 2 aliphatic rings. The van der Waals surface area contributed by atoms with Crippen molar-refractivity contribution in [2.75, 3.05) is 25.0 Å². The third-order valence-corrected chi connectivity index (χ3v) is 5.09. The highest BCUT2D eigenvalue weighted by molar-refractivity contribution is 7.10. The topological polar surface area (TPSA) is 61.3 Å². The van der Waals surface area contributed by atoms with Gasteiger partial charge in [0, 0.05) is 43.6 Å². The Balaban J connectivity index is 1.59. The molecule has 6 heteroatoms. The lowest BCUT2D eigenvalue weighted by Gasteiger charge is -2.17. The second kappa shape index (κ2) is 5.73. The predicted octanol–water partition coefficient (Wildman–Crippen LogP) is 1.56. The van der Waals surface area contributed by atoms with Crippen molar-refractivity contribution in [3.8, 4) is 0 Å². The highest BCUT2D eigenvalue weighted by Crippen LogP contribution is 2.38. The van der Waals surface area contributed by atoms with Gasteiger partial charge in [0.15, 0.2) is 0 Å². The van der Waals surface area contributed by atoms with Crippen molar-refractivity contribution in [1.82, 2.24) is 14.5 Å². The summed E-state index contributed by atoms with van der Waals surface area (Å²) in [6.45, 7) is 6.11. The van der Waals surface area contributed by atoms with Crippen LogP contribution in [0.3, 0.4) is 0 Å². The van der Waals surface area contributed by atoms with E-state index in [1.54, 1.807) is 0 Å². The zero-order valence-corrected chi connectivity index (χ0v) is 12.2. The molecular formula is C13H22N4OS. The van der Waals surface area contributed by atoms with Gasteiger partial charge in [-0.15, -0.1) is 5.10 Å². The lowest BCUT2D eigenvalue weighted by atomic mass is 10.00. The van der Waals surface area contributed by atoms with E-state index in [9.17, 15) is 5.11 Å². The summed E-state index contributed by atoms with van der Waals surface area (Å²) in [6, 6.07) is 0. The van der Waals surface area contributed by atoms with Crippen LogP contribution < -0.4 is 5.32 Å². The second-order valence-electron chi connectivity index (χ2n) is 5.74. The van der Waals surface area contributed by atoms with Crippen LogP contribution in [0, 0.1) is 11.8 Å². The van der Waals surface area contributed by atoms with E-state index in [2.05, 4.69) is 26.7 Å². The summed E-state index contributed by atoms with van der Waals surface area (Å²) in [5, 5.41) is 18.7. The molecule has 1 saturated carbocycles. The fraction of sp³-hybridized carbons (Fsp3) is 0.846. The molecule has 2 heterocycles. The predicted molar refractivity (Wildman–Crippen MR) is 76.2 cm³/mol. The molecule has 0 radical (unpaired) electrons. The summed E-state index contributed by atoms with van der Waals surface area (Å²) in [5.41, 5.74) is 1.06. The van der Waals surface area contributed by atoms with E-state index in [-0.39, 0.29) is 6.10 Å². The number of nitrogens with one attached hydrogen (secondary N) is 1. The van der Waals surface area contributed by atoms with E-state index in [4.69, 9.17) is 0 Å². The SMILES string of the molecule is CCCNc1snnc1CN1CC2CCC(O)C2C1. The molecule has 2 N–H and O–H groups in total. The van der Waals surface area contributed by atoms with E-state index >= 15 is 0 Å². The first-order valence-corrected chi connectivity index (χ1v) is 8.00. The summed E-state index contributed by atoms with van der Waals surface area (Å²) >= 11 is 1.45. The van der Waals surface area contributed by atoms with Gasteiger partial charge in [0.25, 0.3) is 0 Å². The highest BCUT2D eigenvalue weighted by Gasteiger charge is 2.41. The molecule has 3 rings (SSSR count). The van der Waals surface area contributed by atoms with Crippen LogP contribution in [0.2, 0.25) is 0 Å². The average molecular weight is 282 g/mol. The molecule has 0 spiro atoms. The lowest BCUT2D eigenvalue weighted by molar-refractivity contribution is 0.123. The summed E-state index contributed by atoms with van der Waals surface area (Å²) in [5.74, 6) is 1.17. The second-order valence-corrected chi connectivity index (χ2v) is 6.49. The number of aliphatic hydroxyl groups excluding tert-OH is 1. The average Bonchev–Trinajstić information content (AvgIpc) is 3.07. The number of likely N-dealkylation sites (tertiary alicyclic amines) is 1. The number of nitrogens with zero attached hydrogens (tertiary/aromatic N) is 3. The zero-order chi connectivity index (χ0) is 13.2. The Morgan fingerprint density at radius 3 is 3.11 bits per heavy atom. The summed E-state index contributed by atoms with van der Waals surface area (Å²) < 4.78 is 4.06. The Morgan fingerprint density at radius 1 is 1.42 bits per heavy atom. The molecule has 3 unspecified atom stereocenters. The summed E-state index contributed by atoms with van der Waals surface area (Å²) in [7, 11) is 0. The number of aromatic nitrogens is 2. The summed E-state index contributed by atoms with van der Waals surface area (Å²) in [4.78, 5) is 2.42. The van der Waals surface area contributed by atoms with Crippen molar-refractivity contribution < 1.29 is 5.11 Å². The fourth-order valence-corrected chi connectivity index (χ4v) is 3.95. The third-order valence-electron chi connectivity index (χ3n) is 4.36. The molecule has 0 bridgehead atoms. The van der Waals surface area contributed by atoms with Gasteiger partial charge in [-0.05, 0) is 25.2 Å². The van der Waals surface area contributed by atoms with Gasteiger partial charge in [-0.1, -0.05) is 11.4 Å². The van der Waals surface area contributed by atoms with Gasteiger partial charge in [-0.25, -0.2) is 0 Å². The standard InChI is InChI=1S/C13H22N4OS/c1-2-5-14-13-11(15-16-19-13)8-17-6-9-3-4-12(18)10(9)7-17/h9-10,12,14,18H,2-8H2,1H3. The lowest BCUT2D eigenvalue weighted by Crippen LogP contribution is -2.25. The van der Waals surface area contributed by atoms with Gasteiger partial charge in [0.05, 0.1) is 6.10 Å². The van der Waals surface area contributed by atoms with Crippen LogP contribution >= 0.6 is 11.5 Å². The van der Waals surface area contributed by atoms with Gasteiger partial charge >= 0.3 is 0 Å². The van der Waals surface area contributed by atoms with E-state index < -0.39 is 0 Å². The van der Waals surface area contributed by atoms with Crippen LogP contribution in [0.1, 0.15) is 31.9 Å². The van der Waals surface area contributed by atoms with Gasteiger partial charge < -0.3 is 10.4 Å². The fourth-order valence-electron chi connectivity index (χ4n) is 3.35. The maximum Gasteiger partial charge on any atom is 0.134 e. The number of anilines is 1. The Kier molecular flexibility index (Phi) is 4.00. The molecule has 5 nitrogen and oxygen atoms in total. The van der Waals surface area contributed by atoms with Gasteiger partial charge in [0.2, 0.25) is 0 Å². The minimum atomic E-state index is -0.0822. The molecule has 1 aromatic rings. The maximum absolute atomic E-state index is 9.95. The van der Waals surface area contributed by atoms with Crippen molar-refractivity contribution in [3.63, 3.8) is 0 Å². The molecule has 2 fully saturated rings. The number of aliphatic hydroxyl groups is 1. The van der Waals surface area contributed by atoms with Crippen LogP contribution in [0.15, 0.2) is 0 Å². The van der Waals surface area contributed by atoms with Crippen molar-refractivity contribution in [3.05, 3.63) is 5.69 Å². The smallest absolute Gasteiger partial charge is 0.134 e. The molecule has 1 aliphatic carbocycles. The van der Waals surface area contributed by atoms with Crippen LogP contribution in [0.5, 0.6) is 0 Å². The molecule has 1 aromatic heterocycles. The quantitative estimate of drug-likeness (QED) is 0.858. The molecular weight excluding hydrogens is 260 g/mol. The Bertz CT molecular complexity index is 425. The van der Waals surface area contributed by atoms with Gasteiger partial charge in [0.1, 0.15) is 10.7 Å². The van der Waals surface area contributed by atoms with Gasteiger partial charge in [-0.2, -0.15) is 0 Å². The normalized spacial score (nSPS) is 30.7.